The summed E-state index contributed by atoms with van der Waals surface area (Å²) in [4.78, 5) is 8.35. The topological polar surface area (TPSA) is 35.0 Å². The predicted octanol–water partition coefficient (Wildman–Crippen LogP) is 1.96. The van der Waals surface area contributed by atoms with Crippen LogP contribution in [0, 0.1) is 3.57 Å². The first-order valence-corrected chi connectivity index (χ1v) is 4.67. The maximum Gasteiger partial charge on any atom is 0.159 e. The largest absolute Gasteiger partial charge is 0.371 e. The molecule has 1 aromatic rings. The van der Waals surface area contributed by atoms with Crippen LogP contribution in [-0.4, -0.2) is 17.1 Å². The summed E-state index contributed by atoms with van der Waals surface area (Å²) in [6.45, 7) is 3.88. The summed E-state index contributed by atoms with van der Waals surface area (Å²) in [6, 6.07) is 0. The highest BCUT2D eigenvalue weighted by molar-refractivity contribution is 14.1. The molecular weight excluding hydrogens is 267 g/mol. The van der Waals surface area contributed by atoms with Crippen LogP contribution in [0.3, 0.4) is 0 Å². The molecule has 0 aromatic carbocycles. The van der Waals surface area contributed by atoms with Gasteiger partial charge in [0.05, 0.1) is 0 Å². The lowest BCUT2D eigenvalue weighted by Gasteiger charge is -2.20. The molecular formula is C8H11IN2O. The van der Waals surface area contributed by atoms with Crippen molar-refractivity contribution in [2.45, 2.75) is 19.4 Å². The maximum absolute atomic E-state index is 5.24. The Hall–Kier alpha value is -0.230. The van der Waals surface area contributed by atoms with Crippen molar-refractivity contribution in [3.8, 4) is 0 Å². The lowest BCUT2D eigenvalue weighted by Crippen LogP contribution is -2.22. The molecule has 3 nitrogen and oxygen atoms in total. The monoisotopic (exact) mass is 278 g/mol. The van der Waals surface area contributed by atoms with E-state index < -0.39 is 5.60 Å². The Bertz CT molecular complexity index is 258. The van der Waals surface area contributed by atoms with Gasteiger partial charge in [-0.15, -0.1) is 0 Å². The first-order valence-electron chi connectivity index (χ1n) is 3.59. The van der Waals surface area contributed by atoms with Crippen LogP contribution in [0.1, 0.15) is 19.7 Å². The molecule has 1 aromatic heterocycles. The molecule has 0 aliphatic carbocycles. The van der Waals surface area contributed by atoms with Gasteiger partial charge in [-0.3, -0.25) is 0 Å². The lowest BCUT2D eigenvalue weighted by molar-refractivity contribution is 0.0114. The molecule has 66 valence electrons. The van der Waals surface area contributed by atoms with Crippen LogP contribution >= 0.6 is 22.6 Å². The summed E-state index contributed by atoms with van der Waals surface area (Å²) in [5, 5.41) is 0. The average Bonchev–Trinajstić information content (AvgIpc) is 2.05. The van der Waals surface area contributed by atoms with E-state index in [1.807, 2.05) is 13.8 Å². The number of ether oxygens (including phenoxy) is 1. The Morgan fingerprint density at radius 3 is 2.25 bits per heavy atom. The minimum absolute atomic E-state index is 0.398. The summed E-state index contributed by atoms with van der Waals surface area (Å²) in [7, 11) is 1.65. The lowest BCUT2D eigenvalue weighted by atomic mass is 10.1. The van der Waals surface area contributed by atoms with Crippen LogP contribution in [0.5, 0.6) is 0 Å². The van der Waals surface area contributed by atoms with Gasteiger partial charge in [-0.2, -0.15) is 0 Å². The van der Waals surface area contributed by atoms with Crippen molar-refractivity contribution in [2.24, 2.45) is 0 Å². The van der Waals surface area contributed by atoms with Gasteiger partial charge >= 0.3 is 0 Å². The molecule has 1 rings (SSSR count). The van der Waals surface area contributed by atoms with E-state index in [0.29, 0.717) is 5.82 Å². The van der Waals surface area contributed by atoms with E-state index in [4.69, 9.17) is 4.74 Å². The van der Waals surface area contributed by atoms with E-state index in [1.165, 1.54) is 0 Å². The molecule has 0 unspecified atom stereocenters. The fourth-order valence-electron chi connectivity index (χ4n) is 0.714. The second-order valence-corrected chi connectivity index (χ2v) is 4.18. The minimum atomic E-state index is -0.398. The second-order valence-electron chi connectivity index (χ2n) is 2.94. The average molecular weight is 278 g/mol. The predicted molar refractivity (Wildman–Crippen MR) is 54.8 cm³/mol. The van der Waals surface area contributed by atoms with Gasteiger partial charge in [-0.05, 0) is 36.4 Å². The quantitative estimate of drug-likeness (QED) is 0.776. The van der Waals surface area contributed by atoms with Crippen LogP contribution in [0.4, 0.5) is 0 Å². The van der Waals surface area contributed by atoms with Gasteiger partial charge in [0.15, 0.2) is 5.82 Å². The molecule has 0 N–H and O–H groups in total. The van der Waals surface area contributed by atoms with Crippen LogP contribution < -0.4 is 0 Å². The molecule has 0 fully saturated rings. The molecule has 0 aliphatic rings. The van der Waals surface area contributed by atoms with Gasteiger partial charge in [0.2, 0.25) is 0 Å². The number of halogens is 1. The first-order chi connectivity index (χ1) is 5.56. The van der Waals surface area contributed by atoms with Crippen molar-refractivity contribution in [3.05, 3.63) is 21.8 Å². The molecule has 0 bridgehead atoms. The fraction of sp³-hybridized carbons (Fsp3) is 0.500. The van der Waals surface area contributed by atoms with Gasteiger partial charge in [0.25, 0.3) is 0 Å². The summed E-state index contributed by atoms with van der Waals surface area (Å²) in [5.41, 5.74) is -0.398. The fourth-order valence-corrected chi connectivity index (χ4v) is 0.993. The summed E-state index contributed by atoms with van der Waals surface area (Å²) < 4.78 is 6.27. The molecule has 4 heteroatoms. The van der Waals surface area contributed by atoms with Crippen LogP contribution in [-0.2, 0) is 10.3 Å². The zero-order valence-corrected chi connectivity index (χ0v) is 9.49. The number of nitrogens with zero attached hydrogens (tertiary/aromatic N) is 2. The van der Waals surface area contributed by atoms with Crippen molar-refractivity contribution >= 4 is 22.6 Å². The van der Waals surface area contributed by atoms with Gasteiger partial charge < -0.3 is 4.74 Å². The molecule has 0 spiro atoms. The van der Waals surface area contributed by atoms with E-state index >= 15 is 0 Å². The summed E-state index contributed by atoms with van der Waals surface area (Å²) >= 11 is 2.17. The molecule has 12 heavy (non-hydrogen) atoms. The van der Waals surface area contributed by atoms with E-state index in [9.17, 15) is 0 Å². The Labute approximate surface area is 85.7 Å². The molecule has 0 saturated carbocycles. The van der Waals surface area contributed by atoms with E-state index in [1.54, 1.807) is 19.5 Å². The Balaban J connectivity index is 2.96. The van der Waals surface area contributed by atoms with Gasteiger partial charge in [0.1, 0.15) is 5.60 Å². The molecule has 0 radical (unpaired) electrons. The third-order valence-electron chi connectivity index (χ3n) is 1.67. The van der Waals surface area contributed by atoms with Crippen molar-refractivity contribution in [1.29, 1.82) is 0 Å². The van der Waals surface area contributed by atoms with E-state index in [2.05, 4.69) is 32.6 Å². The molecule has 0 amide bonds. The smallest absolute Gasteiger partial charge is 0.159 e. The van der Waals surface area contributed by atoms with Crippen molar-refractivity contribution in [1.82, 2.24) is 9.97 Å². The number of aromatic nitrogens is 2. The first kappa shape index (κ1) is 9.85. The maximum atomic E-state index is 5.24. The minimum Gasteiger partial charge on any atom is -0.371 e. The van der Waals surface area contributed by atoms with Crippen molar-refractivity contribution < 1.29 is 4.74 Å². The zero-order valence-electron chi connectivity index (χ0n) is 7.34. The second kappa shape index (κ2) is 3.66. The van der Waals surface area contributed by atoms with E-state index in [-0.39, 0.29) is 0 Å². The van der Waals surface area contributed by atoms with Crippen LogP contribution in [0.2, 0.25) is 0 Å². The van der Waals surface area contributed by atoms with Gasteiger partial charge in [-0.25, -0.2) is 9.97 Å². The highest BCUT2D eigenvalue weighted by Gasteiger charge is 2.22. The summed E-state index contributed by atoms with van der Waals surface area (Å²) in [6.07, 6.45) is 3.56. The zero-order chi connectivity index (χ0) is 9.19. The number of rotatable bonds is 2. The number of hydrogen-bond donors (Lipinski definition) is 0. The normalized spacial score (nSPS) is 11.7. The van der Waals surface area contributed by atoms with Gasteiger partial charge in [-0.1, -0.05) is 0 Å². The van der Waals surface area contributed by atoms with Crippen LogP contribution in [0.25, 0.3) is 0 Å². The third-order valence-corrected chi connectivity index (χ3v) is 2.23. The van der Waals surface area contributed by atoms with Crippen LogP contribution in [0.15, 0.2) is 12.4 Å². The van der Waals surface area contributed by atoms with E-state index in [0.717, 1.165) is 3.57 Å². The highest BCUT2D eigenvalue weighted by atomic mass is 127. The number of hydrogen-bond acceptors (Lipinski definition) is 3. The number of methoxy groups -OCH3 is 1. The van der Waals surface area contributed by atoms with Crippen molar-refractivity contribution in [2.75, 3.05) is 7.11 Å². The van der Waals surface area contributed by atoms with Crippen molar-refractivity contribution in [3.63, 3.8) is 0 Å². The van der Waals surface area contributed by atoms with Gasteiger partial charge in [0, 0.05) is 23.1 Å². The Kier molecular flexibility index (Phi) is 3.00. The third kappa shape index (κ3) is 2.13. The standard InChI is InChI=1S/C8H11IN2O/c1-8(2,12-3)7-10-4-6(9)5-11-7/h4-5H,1-3H3. The Morgan fingerprint density at radius 2 is 1.83 bits per heavy atom. The molecule has 0 saturated heterocycles. The molecule has 1 heterocycles. The highest BCUT2D eigenvalue weighted by Crippen LogP contribution is 2.19. The summed E-state index contributed by atoms with van der Waals surface area (Å²) in [5.74, 6) is 0.713. The molecule has 0 aliphatic heterocycles. The molecule has 0 atom stereocenters. The Morgan fingerprint density at radius 1 is 1.33 bits per heavy atom. The SMILES string of the molecule is COC(C)(C)c1ncc(I)cn1.